The highest BCUT2D eigenvalue weighted by Crippen LogP contribution is 2.45. The summed E-state index contributed by atoms with van der Waals surface area (Å²) in [6.07, 6.45) is -3.39. The highest BCUT2D eigenvalue weighted by molar-refractivity contribution is 5.65. The fourth-order valence-corrected chi connectivity index (χ4v) is 2.86. The predicted octanol–water partition coefficient (Wildman–Crippen LogP) is 4.89. The first kappa shape index (κ1) is 24.7. The first-order valence-corrected chi connectivity index (χ1v) is 9.87. The van der Waals surface area contributed by atoms with Crippen LogP contribution in [0.3, 0.4) is 0 Å². The summed E-state index contributed by atoms with van der Waals surface area (Å²) in [5.74, 6) is -0.115. The summed E-state index contributed by atoms with van der Waals surface area (Å²) in [5.41, 5.74) is -0.988. The minimum atomic E-state index is -4.98. The van der Waals surface area contributed by atoms with Crippen LogP contribution in [0.2, 0.25) is 0 Å². The second kappa shape index (κ2) is 10.2. The molecular weight excluding hydrogens is 409 g/mol. The van der Waals surface area contributed by atoms with Crippen molar-refractivity contribution in [1.82, 2.24) is 4.90 Å². The van der Waals surface area contributed by atoms with Crippen LogP contribution < -0.4 is 4.74 Å². The van der Waals surface area contributed by atoms with Gasteiger partial charge >= 0.3 is 6.18 Å². The van der Waals surface area contributed by atoms with Gasteiger partial charge in [-0.1, -0.05) is 29.8 Å². The Hall–Kier alpha value is -2.58. The molecule has 0 fully saturated rings. The number of benzene rings is 2. The van der Waals surface area contributed by atoms with Gasteiger partial charge in [-0.15, -0.1) is 0 Å². The number of aliphatic imine (C=N–C) groups is 1. The van der Waals surface area contributed by atoms with Gasteiger partial charge in [-0.2, -0.15) is 13.2 Å². The summed E-state index contributed by atoms with van der Waals surface area (Å²) in [5, 5.41) is 10.7. The minimum Gasteiger partial charge on any atom is -0.496 e. The number of rotatable bonds is 9. The maximum Gasteiger partial charge on any atom is 0.423 e. The predicted molar refractivity (Wildman–Crippen MR) is 115 cm³/mol. The molecule has 31 heavy (non-hydrogen) atoms. The fraction of sp³-hybridized carbons (Fsp3) is 0.435. The lowest BCUT2D eigenvalue weighted by molar-refractivity contribution is -0.283. The standard InChI is InChI=1S/C23H29F3N2O3/c1-6-28(4)15-27-20-12-21(30-5)19(11-17(20)3)22(29,23(24,25)26)14-31-13-18-9-7-16(2)8-10-18/h7-12,15,29H,6,13-14H2,1-5H3. The number of alkyl halides is 3. The first-order chi connectivity index (χ1) is 14.5. The molecule has 0 amide bonds. The topological polar surface area (TPSA) is 54.3 Å². The van der Waals surface area contributed by atoms with Gasteiger partial charge in [0.2, 0.25) is 5.60 Å². The van der Waals surface area contributed by atoms with Crippen molar-refractivity contribution in [1.29, 1.82) is 0 Å². The molecule has 0 aliphatic carbocycles. The minimum absolute atomic E-state index is 0.0638. The normalized spacial score (nSPS) is 14.0. The Kier molecular flexibility index (Phi) is 8.08. The van der Waals surface area contributed by atoms with E-state index in [9.17, 15) is 18.3 Å². The lowest BCUT2D eigenvalue weighted by Crippen LogP contribution is -2.46. The van der Waals surface area contributed by atoms with Crippen LogP contribution in [0.5, 0.6) is 5.75 Å². The van der Waals surface area contributed by atoms with E-state index in [1.807, 2.05) is 37.9 Å². The molecule has 2 rings (SSSR count). The van der Waals surface area contributed by atoms with Crippen LogP contribution in [0.4, 0.5) is 18.9 Å². The van der Waals surface area contributed by atoms with Gasteiger partial charge in [0.05, 0.1) is 32.3 Å². The SMILES string of the molecule is CCN(C)C=Nc1cc(OC)c(C(O)(COCc2ccc(C)cc2)C(F)(F)F)cc1C. The molecule has 0 radical (unpaired) electrons. The Morgan fingerprint density at radius 2 is 1.77 bits per heavy atom. The Labute approximate surface area is 181 Å². The van der Waals surface area contributed by atoms with Crippen LogP contribution in [0.25, 0.3) is 0 Å². The number of aryl methyl sites for hydroxylation is 2. The molecule has 0 aliphatic heterocycles. The largest absolute Gasteiger partial charge is 0.496 e. The number of halogens is 3. The van der Waals surface area contributed by atoms with Crippen molar-refractivity contribution < 1.29 is 27.8 Å². The third-order valence-corrected chi connectivity index (χ3v) is 5.03. The molecule has 5 nitrogen and oxygen atoms in total. The molecule has 1 unspecified atom stereocenters. The number of nitrogens with zero attached hydrogens (tertiary/aromatic N) is 2. The van der Waals surface area contributed by atoms with Gasteiger partial charge in [0, 0.05) is 25.2 Å². The zero-order valence-corrected chi connectivity index (χ0v) is 18.5. The van der Waals surface area contributed by atoms with Crippen molar-refractivity contribution in [2.45, 2.75) is 39.2 Å². The van der Waals surface area contributed by atoms with Crippen LogP contribution in [-0.2, 0) is 16.9 Å². The molecule has 0 aliphatic rings. The lowest BCUT2D eigenvalue weighted by atomic mass is 9.91. The Balaban J connectivity index is 2.36. The second-order valence-electron chi connectivity index (χ2n) is 7.49. The van der Waals surface area contributed by atoms with Crippen LogP contribution in [0.15, 0.2) is 41.4 Å². The quantitative estimate of drug-likeness (QED) is 0.447. The van der Waals surface area contributed by atoms with Crippen molar-refractivity contribution in [2.75, 3.05) is 27.3 Å². The zero-order valence-electron chi connectivity index (χ0n) is 18.5. The van der Waals surface area contributed by atoms with Gasteiger partial charge in [0.25, 0.3) is 0 Å². The highest BCUT2D eigenvalue weighted by Gasteiger charge is 2.56. The Morgan fingerprint density at radius 1 is 1.13 bits per heavy atom. The number of ether oxygens (including phenoxy) is 2. The van der Waals surface area contributed by atoms with Crippen molar-refractivity contribution in [2.24, 2.45) is 4.99 Å². The molecule has 0 heterocycles. The molecule has 2 aromatic rings. The molecule has 0 saturated carbocycles. The molecule has 170 valence electrons. The summed E-state index contributed by atoms with van der Waals surface area (Å²) in [6.45, 7) is 5.18. The third kappa shape index (κ3) is 5.98. The monoisotopic (exact) mass is 438 g/mol. The summed E-state index contributed by atoms with van der Waals surface area (Å²) in [4.78, 5) is 6.13. The summed E-state index contributed by atoms with van der Waals surface area (Å²) < 4.78 is 52.5. The van der Waals surface area contributed by atoms with Crippen molar-refractivity contribution in [3.8, 4) is 5.75 Å². The van der Waals surface area contributed by atoms with Gasteiger partial charge in [0.15, 0.2) is 0 Å². The number of aliphatic hydroxyl groups is 1. The van der Waals surface area contributed by atoms with Gasteiger partial charge in [-0.3, -0.25) is 0 Å². The molecule has 0 aromatic heterocycles. The summed E-state index contributed by atoms with van der Waals surface area (Å²) in [6, 6.07) is 9.87. The average molecular weight is 438 g/mol. The molecule has 1 atom stereocenters. The first-order valence-electron chi connectivity index (χ1n) is 9.87. The molecule has 8 heteroatoms. The summed E-state index contributed by atoms with van der Waals surface area (Å²) in [7, 11) is 3.09. The average Bonchev–Trinajstić information content (AvgIpc) is 2.72. The number of hydrogen-bond acceptors (Lipinski definition) is 4. The van der Waals surface area contributed by atoms with E-state index in [0.717, 1.165) is 12.1 Å². The molecule has 0 bridgehead atoms. The van der Waals surface area contributed by atoms with E-state index in [1.165, 1.54) is 19.2 Å². The van der Waals surface area contributed by atoms with Crippen LogP contribution in [0, 0.1) is 13.8 Å². The second-order valence-corrected chi connectivity index (χ2v) is 7.49. The van der Waals surface area contributed by atoms with Gasteiger partial charge in [0.1, 0.15) is 5.75 Å². The van der Waals surface area contributed by atoms with Crippen LogP contribution >= 0.6 is 0 Å². The van der Waals surface area contributed by atoms with E-state index in [0.29, 0.717) is 16.8 Å². The molecule has 0 saturated heterocycles. The molecular formula is C23H29F3N2O3. The maximum absolute atomic E-state index is 14.0. The third-order valence-electron chi connectivity index (χ3n) is 5.03. The zero-order chi connectivity index (χ0) is 23.2. The van der Waals surface area contributed by atoms with E-state index in [1.54, 1.807) is 25.4 Å². The van der Waals surface area contributed by atoms with Crippen LogP contribution in [0.1, 0.15) is 29.2 Å². The van der Waals surface area contributed by atoms with Crippen molar-refractivity contribution >= 4 is 12.0 Å². The summed E-state index contributed by atoms with van der Waals surface area (Å²) >= 11 is 0. The van der Waals surface area contributed by atoms with Gasteiger partial charge < -0.3 is 19.5 Å². The molecule has 1 N–H and O–H groups in total. The number of hydrogen-bond donors (Lipinski definition) is 1. The maximum atomic E-state index is 14.0. The van der Waals surface area contributed by atoms with Gasteiger partial charge in [-0.25, -0.2) is 4.99 Å². The van der Waals surface area contributed by atoms with E-state index >= 15 is 0 Å². The molecule has 2 aromatic carbocycles. The van der Waals surface area contributed by atoms with Crippen LogP contribution in [-0.4, -0.2) is 49.8 Å². The smallest absolute Gasteiger partial charge is 0.423 e. The molecule has 0 spiro atoms. The van der Waals surface area contributed by atoms with E-state index in [2.05, 4.69) is 4.99 Å². The Morgan fingerprint density at radius 3 is 2.32 bits per heavy atom. The Bertz CT molecular complexity index is 898. The van der Waals surface area contributed by atoms with E-state index in [-0.39, 0.29) is 12.4 Å². The van der Waals surface area contributed by atoms with Gasteiger partial charge in [-0.05, 0) is 38.0 Å². The van der Waals surface area contributed by atoms with E-state index < -0.39 is 23.9 Å². The van der Waals surface area contributed by atoms with E-state index in [4.69, 9.17) is 9.47 Å². The van der Waals surface area contributed by atoms with Crippen molar-refractivity contribution in [3.05, 3.63) is 58.7 Å². The van der Waals surface area contributed by atoms with Crippen molar-refractivity contribution in [3.63, 3.8) is 0 Å². The lowest BCUT2D eigenvalue weighted by Gasteiger charge is -2.32. The number of methoxy groups -OCH3 is 1. The highest BCUT2D eigenvalue weighted by atomic mass is 19.4. The fourth-order valence-electron chi connectivity index (χ4n) is 2.86.